The summed E-state index contributed by atoms with van der Waals surface area (Å²) in [4.78, 5) is 1.39. The van der Waals surface area contributed by atoms with Crippen molar-refractivity contribution in [2.75, 3.05) is 11.9 Å². The van der Waals surface area contributed by atoms with Crippen LogP contribution in [0, 0.1) is 0 Å². The van der Waals surface area contributed by atoms with Crippen molar-refractivity contribution < 1.29 is 18.4 Å². The number of nitrogens with zero attached hydrogens (tertiary/aromatic N) is 4. The molecule has 10 heteroatoms. The van der Waals surface area contributed by atoms with E-state index in [0.717, 1.165) is 0 Å². The van der Waals surface area contributed by atoms with E-state index in [1.54, 1.807) is 24.3 Å². The highest BCUT2D eigenvalue weighted by Gasteiger charge is 2.36. The van der Waals surface area contributed by atoms with Crippen LogP contribution in [0.25, 0.3) is 0 Å². The summed E-state index contributed by atoms with van der Waals surface area (Å²) in [6, 6.07) is 6.52. The Bertz CT molecular complexity index is 670. The van der Waals surface area contributed by atoms with Gasteiger partial charge >= 0.3 is 6.18 Å². The molecule has 3 N–H and O–H groups in total. The maximum absolute atomic E-state index is 12.5. The molecule has 0 aliphatic heterocycles. The average molecular weight is 317 g/mol. The molecular formula is C11H10F3N5OS. The van der Waals surface area contributed by atoms with Gasteiger partial charge in [-0.05, 0) is 12.1 Å². The Morgan fingerprint density at radius 2 is 2.00 bits per heavy atom. The highest BCUT2D eigenvalue weighted by atomic mass is 32.1. The van der Waals surface area contributed by atoms with Crippen LogP contribution in [0.4, 0.5) is 24.0 Å². The summed E-state index contributed by atoms with van der Waals surface area (Å²) >= 11 is 0.406. The van der Waals surface area contributed by atoms with Gasteiger partial charge in [-0.25, -0.2) is 0 Å². The lowest BCUT2D eigenvalue weighted by Gasteiger charge is -2.18. The third kappa shape index (κ3) is 3.05. The molecule has 6 nitrogen and oxygen atoms in total. The summed E-state index contributed by atoms with van der Waals surface area (Å²) in [7, 11) is 1.52. The fourth-order valence-electron chi connectivity index (χ4n) is 1.61. The van der Waals surface area contributed by atoms with Gasteiger partial charge in [0.2, 0.25) is 10.1 Å². The Hall–Kier alpha value is -2.36. The molecule has 0 bridgehead atoms. The Morgan fingerprint density at radius 1 is 1.33 bits per heavy atom. The summed E-state index contributed by atoms with van der Waals surface area (Å²) in [5.41, 5.74) is 6.36. The van der Waals surface area contributed by atoms with E-state index in [1.165, 1.54) is 11.9 Å². The van der Waals surface area contributed by atoms with Gasteiger partial charge in [0.05, 0.1) is 5.69 Å². The minimum Gasteiger partial charge on any atom is -0.409 e. The number of para-hydroxylation sites is 1. The van der Waals surface area contributed by atoms with E-state index in [-0.39, 0.29) is 11.0 Å². The van der Waals surface area contributed by atoms with Crippen molar-refractivity contribution in [3.05, 3.63) is 34.8 Å². The molecule has 0 fully saturated rings. The van der Waals surface area contributed by atoms with Gasteiger partial charge in [-0.2, -0.15) is 13.2 Å². The Kier molecular flexibility index (Phi) is 3.98. The zero-order chi connectivity index (χ0) is 15.6. The standard InChI is InChI=1S/C11H10F3N5OS/c1-19(10-17-16-9(21-10)11(12,13)14)7-5-3-2-4-6(7)8(15)18-20/h2-5,20H,1H3,(H2,15,18). The van der Waals surface area contributed by atoms with E-state index < -0.39 is 11.2 Å². The fourth-order valence-corrected chi connectivity index (χ4v) is 2.29. The van der Waals surface area contributed by atoms with Crippen LogP contribution in [0.3, 0.4) is 0 Å². The van der Waals surface area contributed by atoms with Crippen LogP contribution < -0.4 is 10.6 Å². The number of rotatable bonds is 3. The minimum absolute atomic E-state index is 0.0421. The van der Waals surface area contributed by atoms with Gasteiger partial charge in [0, 0.05) is 12.6 Å². The van der Waals surface area contributed by atoms with Crippen LogP contribution in [-0.2, 0) is 6.18 Å². The van der Waals surface area contributed by atoms with Gasteiger partial charge in [-0.1, -0.05) is 28.6 Å². The van der Waals surface area contributed by atoms with Crippen molar-refractivity contribution in [1.82, 2.24) is 10.2 Å². The Balaban J connectivity index is 2.41. The first-order valence-corrected chi connectivity index (χ1v) is 6.37. The topological polar surface area (TPSA) is 87.6 Å². The number of amidine groups is 1. The van der Waals surface area contributed by atoms with Gasteiger partial charge < -0.3 is 15.8 Å². The number of oxime groups is 1. The van der Waals surface area contributed by atoms with Crippen LogP contribution >= 0.6 is 11.3 Å². The van der Waals surface area contributed by atoms with Crippen LogP contribution in [0.1, 0.15) is 10.6 Å². The lowest BCUT2D eigenvalue weighted by molar-refractivity contribution is -0.138. The molecule has 2 rings (SSSR count). The second kappa shape index (κ2) is 5.56. The highest BCUT2D eigenvalue weighted by Crippen LogP contribution is 2.36. The molecule has 0 unspecified atom stereocenters. The molecule has 1 aromatic carbocycles. The van der Waals surface area contributed by atoms with Crippen molar-refractivity contribution in [3.8, 4) is 0 Å². The van der Waals surface area contributed by atoms with E-state index >= 15 is 0 Å². The second-order valence-corrected chi connectivity index (χ2v) is 4.90. The van der Waals surface area contributed by atoms with Crippen LogP contribution in [0.15, 0.2) is 29.4 Å². The largest absolute Gasteiger partial charge is 0.445 e. The van der Waals surface area contributed by atoms with E-state index in [2.05, 4.69) is 15.4 Å². The zero-order valence-corrected chi connectivity index (χ0v) is 11.5. The zero-order valence-electron chi connectivity index (χ0n) is 10.7. The molecule has 2 aromatic rings. The molecule has 112 valence electrons. The third-order valence-corrected chi connectivity index (χ3v) is 3.64. The van der Waals surface area contributed by atoms with Gasteiger partial charge in [-0.15, -0.1) is 10.2 Å². The van der Waals surface area contributed by atoms with Crippen molar-refractivity contribution in [3.63, 3.8) is 0 Å². The summed E-state index contributed by atoms with van der Waals surface area (Å²) in [5.74, 6) is -0.155. The normalized spacial score (nSPS) is 12.5. The number of hydrogen-bond donors (Lipinski definition) is 2. The van der Waals surface area contributed by atoms with E-state index in [0.29, 0.717) is 22.6 Å². The Morgan fingerprint density at radius 3 is 2.57 bits per heavy atom. The monoisotopic (exact) mass is 317 g/mol. The molecule has 0 saturated carbocycles. The maximum Gasteiger partial charge on any atom is 0.445 e. The van der Waals surface area contributed by atoms with E-state index in [4.69, 9.17) is 10.9 Å². The van der Waals surface area contributed by atoms with E-state index in [9.17, 15) is 13.2 Å². The molecular weight excluding hydrogens is 307 g/mol. The summed E-state index contributed by atoms with van der Waals surface area (Å²) in [6.07, 6.45) is -4.54. The molecule has 0 atom stereocenters. The number of anilines is 2. The number of hydrogen-bond acceptors (Lipinski definition) is 6. The molecule has 0 amide bonds. The van der Waals surface area contributed by atoms with Gasteiger partial charge in [0.1, 0.15) is 0 Å². The molecule has 0 aliphatic carbocycles. The van der Waals surface area contributed by atoms with Crippen LogP contribution in [0.2, 0.25) is 0 Å². The van der Waals surface area contributed by atoms with Crippen molar-refractivity contribution in [1.29, 1.82) is 0 Å². The lowest BCUT2D eigenvalue weighted by atomic mass is 10.1. The van der Waals surface area contributed by atoms with E-state index in [1.807, 2.05) is 0 Å². The predicted octanol–water partition coefficient (Wildman–Crippen LogP) is 2.42. The summed E-state index contributed by atoms with van der Waals surface area (Å²) < 4.78 is 37.6. The first kappa shape index (κ1) is 15.0. The third-order valence-electron chi connectivity index (χ3n) is 2.59. The number of alkyl halides is 3. The summed E-state index contributed by atoms with van der Waals surface area (Å²) in [5, 5.41) is 17.3. The van der Waals surface area contributed by atoms with Gasteiger partial charge in [0.15, 0.2) is 5.84 Å². The number of halogens is 3. The van der Waals surface area contributed by atoms with Gasteiger partial charge in [0.25, 0.3) is 0 Å². The van der Waals surface area contributed by atoms with Crippen LogP contribution in [-0.4, -0.2) is 28.3 Å². The first-order valence-electron chi connectivity index (χ1n) is 5.56. The number of benzene rings is 1. The second-order valence-electron chi connectivity index (χ2n) is 3.95. The minimum atomic E-state index is -4.54. The SMILES string of the molecule is CN(c1nnc(C(F)(F)F)s1)c1ccccc1/C(N)=N/O. The average Bonchev–Trinajstić information content (AvgIpc) is 2.95. The fraction of sp³-hybridized carbons (Fsp3) is 0.182. The number of aromatic nitrogens is 2. The van der Waals surface area contributed by atoms with Crippen molar-refractivity contribution in [2.45, 2.75) is 6.18 Å². The van der Waals surface area contributed by atoms with Crippen molar-refractivity contribution >= 4 is 28.0 Å². The highest BCUT2D eigenvalue weighted by molar-refractivity contribution is 7.15. The quantitative estimate of drug-likeness (QED) is 0.393. The van der Waals surface area contributed by atoms with Gasteiger partial charge in [-0.3, -0.25) is 0 Å². The molecule has 21 heavy (non-hydrogen) atoms. The van der Waals surface area contributed by atoms with Crippen molar-refractivity contribution in [2.24, 2.45) is 10.9 Å². The molecule has 0 radical (unpaired) electrons. The molecule has 0 aliphatic rings. The Labute approximate surface area is 121 Å². The molecule has 0 spiro atoms. The molecule has 1 heterocycles. The first-order chi connectivity index (χ1) is 9.84. The lowest BCUT2D eigenvalue weighted by Crippen LogP contribution is -2.19. The molecule has 0 saturated heterocycles. The van der Waals surface area contributed by atoms with Crippen LogP contribution in [0.5, 0.6) is 0 Å². The summed E-state index contributed by atoms with van der Waals surface area (Å²) in [6.45, 7) is 0. The maximum atomic E-state index is 12.5. The number of nitrogens with two attached hydrogens (primary N) is 1. The predicted molar refractivity (Wildman–Crippen MR) is 71.9 cm³/mol. The molecule has 1 aromatic heterocycles. The smallest absolute Gasteiger partial charge is 0.409 e.